The van der Waals surface area contributed by atoms with Crippen LogP contribution in [0.5, 0.6) is 0 Å². The van der Waals surface area contributed by atoms with Gasteiger partial charge in [-0.25, -0.2) is 4.98 Å². The van der Waals surface area contributed by atoms with E-state index in [2.05, 4.69) is 10.1 Å². The van der Waals surface area contributed by atoms with Crippen molar-refractivity contribution in [2.75, 3.05) is 0 Å². The average Bonchev–Trinajstić information content (AvgIpc) is 2.47. The molecule has 0 saturated carbocycles. The topological polar surface area (TPSA) is 38.9 Å². The molecule has 0 unspecified atom stereocenters. The lowest BCUT2D eigenvalue weighted by atomic mass is 10.2. The van der Waals surface area contributed by atoms with Crippen LogP contribution in [0.15, 0.2) is 16.7 Å². The van der Waals surface area contributed by atoms with Crippen LogP contribution >= 0.6 is 11.6 Å². The largest absolute Gasteiger partial charge is 0.336 e. The fourth-order valence-corrected chi connectivity index (χ4v) is 1.21. The first-order valence-corrected chi connectivity index (χ1v) is 4.12. The summed E-state index contributed by atoms with van der Waals surface area (Å²) in [6.07, 6.45) is 0. The van der Waals surface area contributed by atoms with Gasteiger partial charge in [0.15, 0.2) is 0 Å². The number of rotatable bonds is 1. The number of fused-ring (bicyclic) bond motifs is 1. The Labute approximate surface area is 74.3 Å². The molecule has 62 valence electrons. The number of hydrogen-bond donors (Lipinski definition) is 0. The Morgan fingerprint density at radius 3 is 3.08 bits per heavy atom. The molecule has 0 spiro atoms. The molecule has 4 heteroatoms. The maximum absolute atomic E-state index is 5.61. The third-order valence-corrected chi connectivity index (χ3v) is 1.99. The Balaban J connectivity index is 2.69. The molecule has 0 N–H and O–H groups in total. The van der Waals surface area contributed by atoms with Gasteiger partial charge in [0.25, 0.3) is 5.71 Å². The minimum Gasteiger partial charge on any atom is -0.336 e. The van der Waals surface area contributed by atoms with Crippen LogP contribution in [0.3, 0.4) is 0 Å². The van der Waals surface area contributed by atoms with Crippen LogP contribution in [-0.4, -0.2) is 10.1 Å². The van der Waals surface area contributed by atoms with E-state index < -0.39 is 0 Å². The van der Waals surface area contributed by atoms with Gasteiger partial charge in [0.05, 0.1) is 22.7 Å². The first-order valence-electron chi connectivity index (χ1n) is 3.59. The Morgan fingerprint density at radius 2 is 2.33 bits per heavy atom. The summed E-state index contributed by atoms with van der Waals surface area (Å²) in [7, 11) is 0. The predicted molar refractivity (Wildman–Crippen MR) is 46.1 cm³/mol. The van der Waals surface area contributed by atoms with Crippen LogP contribution in [0.25, 0.3) is 11.1 Å². The third kappa shape index (κ3) is 1.06. The van der Waals surface area contributed by atoms with E-state index in [1.165, 1.54) is 0 Å². The molecule has 0 aliphatic carbocycles. The fourth-order valence-electron chi connectivity index (χ4n) is 1.06. The summed E-state index contributed by atoms with van der Waals surface area (Å²) in [5.41, 5.74) is 2.23. The second-order valence-corrected chi connectivity index (χ2v) is 2.82. The highest BCUT2D eigenvalue weighted by atomic mass is 35.5. The molecule has 0 aliphatic rings. The minimum atomic E-state index is 0.398. The van der Waals surface area contributed by atoms with Crippen molar-refractivity contribution in [1.29, 1.82) is 0 Å². The van der Waals surface area contributed by atoms with Crippen molar-refractivity contribution in [2.24, 2.45) is 0 Å². The van der Waals surface area contributed by atoms with E-state index in [-0.39, 0.29) is 0 Å². The van der Waals surface area contributed by atoms with Gasteiger partial charge >= 0.3 is 0 Å². The predicted octanol–water partition coefficient (Wildman–Crippen LogP) is 2.27. The first-order chi connectivity index (χ1) is 5.81. The van der Waals surface area contributed by atoms with Gasteiger partial charge in [0.2, 0.25) is 0 Å². The van der Waals surface area contributed by atoms with E-state index in [1.807, 2.05) is 19.1 Å². The van der Waals surface area contributed by atoms with Gasteiger partial charge in [-0.2, -0.15) is 0 Å². The fraction of sp³-hybridized carbons (Fsp3) is 0.250. The molecule has 3 nitrogen and oxygen atoms in total. The van der Waals surface area contributed by atoms with Crippen molar-refractivity contribution in [1.82, 2.24) is 10.1 Å². The van der Waals surface area contributed by atoms with Crippen LogP contribution in [-0.2, 0) is 5.88 Å². The summed E-state index contributed by atoms with van der Waals surface area (Å²) in [6.45, 7) is 1.88. The molecule has 0 atom stereocenters. The maximum Gasteiger partial charge on any atom is 0.258 e. The van der Waals surface area contributed by atoms with Crippen LogP contribution in [0, 0.1) is 6.92 Å². The molecule has 2 rings (SSSR count). The lowest BCUT2D eigenvalue weighted by Gasteiger charge is -1.91. The maximum atomic E-state index is 5.61. The number of nitrogens with zero attached hydrogens (tertiary/aromatic N) is 2. The number of aromatic nitrogens is 2. The smallest absolute Gasteiger partial charge is 0.258 e. The van der Waals surface area contributed by atoms with Gasteiger partial charge in [-0.3, -0.25) is 0 Å². The summed E-state index contributed by atoms with van der Waals surface area (Å²) in [5.74, 6) is 0.398. The normalized spacial score (nSPS) is 10.8. The van der Waals surface area contributed by atoms with Crippen molar-refractivity contribution in [3.63, 3.8) is 0 Å². The third-order valence-electron chi connectivity index (χ3n) is 1.71. The first kappa shape index (κ1) is 7.55. The molecule has 2 heterocycles. The quantitative estimate of drug-likeness (QED) is 0.635. The number of halogens is 1. The van der Waals surface area contributed by atoms with Crippen molar-refractivity contribution in [3.8, 4) is 0 Å². The highest BCUT2D eigenvalue weighted by Crippen LogP contribution is 2.16. The SMILES string of the molecule is Cc1noc2nc(CCl)ccc12. The second kappa shape index (κ2) is 2.75. The molecule has 0 amide bonds. The Hall–Kier alpha value is -1.09. The highest BCUT2D eigenvalue weighted by Gasteiger charge is 2.04. The minimum absolute atomic E-state index is 0.398. The number of hydrogen-bond acceptors (Lipinski definition) is 3. The molecule has 0 fully saturated rings. The van der Waals surface area contributed by atoms with E-state index in [9.17, 15) is 0 Å². The van der Waals surface area contributed by atoms with Gasteiger partial charge in [0, 0.05) is 0 Å². The molecular formula is C8H7ClN2O. The average molecular weight is 183 g/mol. The summed E-state index contributed by atoms with van der Waals surface area (Å²) in [5, 5.41) is 4.74. The molecule has 0 aliphatic heterocycles. The van der Waals surface area contributed by atoms with E-state index in [0.29, 0.717) is 11.6 Å². The molecular weight excluding hydrogens is 176 g/mol. The summed E-state index contributed by atoms with van der Waals surface area (Å²) < 4.78 is 4.97. The zero-order valence-electron chi connectivity index (χ0n) is 6.54. The molecule has 0 bridgehead atoms. The van der Waals surface area contributed by atoms with Crippen molar-refractivity contribution < 1.29 is 4.52 Å². The Bertz CT molecular complexity index is 410. The van der Waals surface area contributed by atoms with Gasteiger partial charge in [-0.15, -0.1) is 11.6 Å². The van der Waals surface area contributed by atoms with Crippen LogP contribution < -0.4 is 0 Å². The van der Waals surface area contributed by atoms with E-state index in [4.69, 9.17) is 16.1 Å². The lowest BCUT2D eigenvalue weighted by Crippen LogP contribution is -1.83. The lowest BCUT2D eigenvalue weighted by molar-refractivity contribution is 0.442. The Kier molecular flexibility index (Phi) is 1.73. The van der Waals surface area contributed by atoms with Crippen molar-refractivity contribution >= 4 is 22.7 Å². The molecule has 0 radical (unpaired) electrons. The summed E-state index contributed by atoms with van der Waals surface area (Å²) in [6, 6.07) is 3.80. The van der Waals surface area contributed by atoms with Crippen molar-refractivity contribution in [2.45, 2.75) is 12.8 Å². The van der Waals surface area contributed by atoms with E-state index >= 15 is 0 Å². The standard InChI is InChI=1S/C8H7ClN2O/c1-5-7-3-2-6(4-9)10-8(7)12-11-5/h2-3H,4H2,1H3. The monoisotopic (exact) mass is 182 g/mol. The summed E-state index contributed by atoms with van der Waals surface area (Å²) >= 11 is 5.61. The summed E-state index contributed by atoms with van der Waals surface area (Å²) in [4.78, 5) is 4.15. The van der Waals surface area contributed by atoms with Crippen LogP contribution in [0.1, 0.15) is 11.4 Å². The van der Waals surface area contributed by atoms with Crippen LogP contribution in [0.2, 0.25) is 0 Å². The molecule has 2 aromatic heterocycles. The molecule has 12 heavy (non-hydrogen) atoms. The van der Waals surface area contributed by atoms with Gasteiger partial charge in [-0.05, 0) is 19.1 Å². The zero-order chi connectivity index (χ0) is 8.55. The van der Waals surface area contributed by atoms with E-state index in [0.717, 1.165) is 16.8 Å². The zero-order valence-corrected chi connectivity index (χ0v) is 7.30. The van der Waals surface area contributed by atoms with Gasteiger partial charge < -0.3 is 4.52 Å². The van der Waals surface area contributed by atoms with E-state index in [1.54, 1.807) is 0 Å². The van der Waals surface area contributed by atoms with Gasteiger partial charge in [0.1, 0.15) is 0 Å². The van der Waals surface area contributed by atoms with Gasteiger partial charge in [-0.1, -0.05) is 5.16 Å². The second-order valence-electron chi connectivity index (χ2n) is 2.56. The number of aryl methyl sites for hydroxylation is 1. The Morgan fingerprint density at radius 1 is 1.50 bits per heavy atom. The number of alkyl halides is 1. The molecule has 0 aromatic carbocycles. The highest BCUT2D eigenvalue weighted by molar-refractivity contribution is 6.16. The molecule has 0 saturated heterocycles. The van der Waals surface area contributed by atoms with Crippen LogP contribution in [0.4, 0.5) is 0 Å². The molecule has 2 aromatic rings. The number of pyridine rings is 1. The van der Waals surface area contributed by atoms with Crippen molar-refractivity contribution in [3.05, 3.63) is 23.5 Å².